The zero-order chi connectivity index (χ0) is 18.0. The Bertz CT molecular complexity index is 896. The molecule has 0 heterocycles. The van der Waals surface area contributed by atoms with Crippen molar-refractivity contribution in [1.29, 1.82) is 0 Å². The van der Waals surface area contributed by atoms with Gasteiger partial charge in [-0.3, -0.25) is 4.99 Å². The highest BCUT2D eigenvalue weighted by Gasteiger charge is 2.13. The van der Waals surface area contributed by atoms with Crippen molar-refractivity contribution in [3.8, 4) is 0 Å². The topological polar surface area (TPSA) is 12.4 Å². The average molecular weight is 333 g/mol. The Morgan fingerprint density at radius 3 is 2.08 bits per heavy atom. The van der Waals surface area contributed by atoms with Crippen LogP contribution >= 0.6 is 0 Å². The molecule has 0 aliphatic heterocycles. The maximum Gasteiger partial charge on any atom is 0.139 e. The van der Waals surface area contributed by atoms with Gasteiger partial charge in [-0.05, 0) is 34.4 Å². The Morgan fingerprint density at radius 2 is 1.44 bits per heavy atom. The van der Waals surface area contributed by atoms with Crippen LogP contribution in [0.25, 0.3) is 10.8 Å². The third kappa shape index (κ3) is 3.48. The number of aliphatic imine (C=N–C) groups is 1. The molecule has 0 saturated heterocycles. The van der Waals surface area contributed by atoms with E-state index in [1.165, 1.54) is 11.1 Å². The Balaban J connectivity index is 2.10. The van der Waals surface area contributed by atoms with Crippen molar-refractivity contribution < 1.29 is 4.39 Å². The molecule has 0 amide bonds. The van der Waals surface area contributed by atoms with E-state index in [0.717, 1.165) is 11.1 Å². The largest absolute Gasteiger partial charge is 0.256 e. The summed E-state index contributed by atoms with van der Waals surface area (Å²) < 4.78 is 14.8. The second-order valence-corrected chi connectivity index (χ2v) is 7.04. The lowest BCUT2D eigenvalue weighted by molar-refractivity contribution is 0.638. The molecular weight excluding hydrogens is 309 g/mol. The second-order valence-electron chi connectivity index (χ2n) is 7.04. The zero-order valence-corrected chi connectivity index (χ0v) is 15.3. The van der Waals surface area contributed by atoms with Crippen LogP contribution in [0.15, 0.2) is 59.6 Å². The van der Waals surface area contributed by atoms with Crippen molar-refractivity contribution in [2.75, 3.05) is 0 Å². The predicted octanol–water partition coefficient (Wildman–Crippen LogP) is 6.98. The van der Waals surface area contributed by atoms with E-state index < -0.39 is 0 Å². The van der Waals surface area contributed by atoms with Crippen LogP contribution < -0.4 is 0 Å². The molecule has 25 heavy (non-hydrogen) atoms. The summed E-state index contributed by atoms with van der Waals surface area (Å²) in [6.45, 7) is 8.65. The van der Waals surface area contributed by atoms with Gasteiger partial charge in [-0.15, -0.1) is 0 Å². The van der Waals surface area contributed by atoms with Crippen LogP contribution in [0.3, 0.4) is 0 Å². The van der Waals surface area contributed by atoms with Crippen molar-refractivity contribution in [3.05, 3.63) is 77.1 Å². The minimum atomic E-state index is -0.213. The molecule has 128 valence electrons. The molecule has 0 unspecified atom stereocenters. The predicted molar refractivity (Wildman–Crippen MR) is 106 cm³/mol. The number of benzene rings is 3. The van der Waals surface area contributed by atoms with E-state index in [-0.39, 0.29) is 5.82 Å². The summed E-state index contributed by atoms with van der Waals surface area (Å²) in [6.07, 6.45) is 1.66. The third-order valence-electron chi connectivity index (χ3n) is 4.57. The Kier molecular flexibility index (Phi) is 4.98. The lowest BCUT2D eigenvalue weighted by atomic mass is 9.93. The smallest absolute Gasteiger partial charge is 0.139 e. The normalized spacial score (nSPS) is 12.0. The fourth-order valence-corrected chi connectivity index (χ4v) is 3.15. The minimum absolute atomic E-state index is 0.213. The summed E-state index contributed by atoms with van der Waals surface area (Å²) >= 11 is 0. The molecule has 0 aliphatic rings. The number of nitrogens with zero attached hydrogens (tertiary/aromatic N) is 1. The molecule has 2 heteroatoms. The summed E-state index contributed by atoms with van der Waals surface area (Å²) in [4.78, 5) is 4.72. The van der Waals surface area contributed by atoms with Gasteiger partial charge in [-0.1, -0.05) is 76.2 Å². The third-order valence-corrected chi connectivity index (χ3v) is 4.57. The molecule has 0 aliphatic carbocycles. The first-order chi connectivity index (χ1) is 12.0. The number of fused-ring (bicyclic) bond motifs is 1. The molecule has 1 nitrogen and oxygen atoms in total. The molecule has 0 saturated carbocycles. The lowest BCUT2D eigenvalue weighted by Gasteiger charge is -2.16. The second kappa shape index (κ2) is 7.18. The maximum absolute atomic E-state index is 14.8. The zero-order valence-electron chi connectivity index (χ0n) is 15.3. The van der Waals surface area contributed by atoms with Gasteiger partial charge >= 0.3 is 0 Å². The van der Waals surface area contributed by atoms with Crippen LogP contribution in [-0.2, 0) is 0 Å². The summed E-state index contributed by atoms with van der Waals surface area (Å²) in [5.41, 5.74) is 3.89. The highest BCUT2D eigenvalue weighted by molar-refractivity contribution is 5.92. The van der Waals surface area contributed by atoms with E-state index in [9.17, 15) is 4.39 Å². The summed E-state index contributed by atoms with van der Waals surface area (Å²) in [7, 11) is 0. The average Bonchev–Trinajstić information content (AvgIpc) is 2.61. The summed E-state index contributed by atoms with van der Waals surface area (Å²) in [5, 5.41) is 1.54. The van der Waals surface area contributed by atoms with Gasteiger partial charge < -0.3 is 0 Å². The van der Waals surface area contributed by atoms with Gasteiger partial charge in [0.2, 0.25) is 0 Å². The summed E-state index contributed by atoms with van der Waals surface area (Å²) in [6, 6.07) is 17.6. The molecule has 3 rings (SSSR count). The summed E-state index contributed by atoms with van der Waals surface area (Å²) in [5.74, 6) is 0.523. The number of rotatable bonds is 4. The maximum atomic E-state index is 14.8. The van der Waals surface area contributed by atoms with E-state index in [2.05, 4.69) is 45.9 Å². The van der Waals surface area contributed by atoms with E-state index >= 15 is 0 Å². The first-order valence-corrected chi connectivity index (χ1v) is 8.83. The Morgan fingerprint density at radius 1 is 0.800 bits per heavy atom. The van der Waals surface area contributed by atoms with Gasteiger partial charge in [0, 0.05) is 17.2 Å². The number of halogens is 1. The fraction of sp³-hybridized carbons (Fsp3) is 0.261. The van der Waals surface area contributed by atoms with E-state index in [1.807, 2.05) is 30.3 Å². The highest BCUT2D eigenvalue weighted by atomic mass is 19.1. The van der Waals surface area contributed by atoms with Crippen LogP contribution in [0.1, 0.15) is 56.2 Å². The van der Waals surface area contributed by atoms with Crippen molar-refractivity contribution in [3.63, 3.8) is 0 Å². The quantitative estimate of drug-likeness (QED) is 0.457. The van der Waals surface area contributed by atoms with Crippen molar-refractivity contribution in [1.82, 2.24) is 0 Å². The molecule has 0 spiro atoms. The molecule has 3 aromatic carbocycles. The fourth-order valence-electron chi connectivity index (χ4n) is 3.15. The molecule has 0 radical (unpaired) electrons. The van der Waals surface area contributed by atoms with E-state index in [4.69, 9.17) is 4.99 Å². The molecule has 0 atom stereocenters. The highest BCUT2D eigenvalue weighted by Crippen LogP contribution is 2.34. The van der Waals surface area contributed by atoms with E-state index in [0.29, 0.717) is 22.8 Å². The number of hydrogen-bond donors (Lipinski definition) is 0. The lowest BCUT2D eigenvalue weighted by Crippen LogP contribution is -1.96. The van der Waals surface area contributed by atoms with Crippen molar-refractivity contribution in [2.45, 2.75) is 39.5 Å². The van der Waals surface area contributed by atoms with Crippen LogP contribution in [0.2, 0.25) is 0 Å². The standard InChI is InChI=1S/C23H24FN/c1-15(2)19-10-7-11-20(16(3)4)23(19)25-14-18-13-12-17-8-5-6-9-21(17)22(18)24/h5-16H,1-4H3. The molecular formula is C23H24FN. The molecule has 0 N–H and O–H groups in total. The Hall–Kier alpha value is -2.48. The Labute approximate surface area is 149 Å². The molecule has 0 bridgehead atoms. The minimum Gasteiger partial charge on any atom is -0.256 e. The van der Waals surface area contributed by atoms with Gasteiger partial charge in [0.25, 0.3) is 0 Å². The van der Waals surface area contributed by atoms with Crippen molar-refractivity contribution in [2.24, 2.45) is 4.99 Å². The van der Waals surface area contributed by atoms with Crippen LogP contribution in [0.5, 0.6) is 0 Å². The molecule has 0 fully saturated rings. The van der Waals surface area contributed by atoms with Gasteiger partial charge in [0.05, 0.1) is 5.69 Å². The first-order valence-electron chi connectivity index (χ1n) is 8.83. The van der Waals surface area contributed by atoms with Crippen LogP contribution in [0, 0.1) is 5.82 Å². The first kappa shape index (κ1) is 17.3. The van der Waals surface area contributed by atoms with Gasteiger partial charge in [-0.2, -0.15) is 0 Å². The molecule has 0 aromatic heterocycles. The number of hydrogen-bond acceptors (Lipinski definition) is 1. The van der Waals surface area contributed by atoms with Gasteiger partial charge in [0.15, 0.2) is 0 Å². The van der Waals surface area contributed by atoms with Crippen molar-refractivity contribution >= 4 is 22.7 Å². The van der Waals surface area contributed by atoms with Crippen LogP contribution in [0.4, 0.5) is 10.1 Å². The van der Waals surface area contributed by atoms with Gasteiger partial charge in [0.1, 0.15) is 5.82 Å². The van der Waals surface area contributed by atoms with Gasteiger partial charge in [-0.25, -0.2) is 4.39 Å². The van der Waals surface area contributed by atoms with E-state index in [1.54, 1.807) is 12.3 Å². The number of para-hydroxylation sites is 1. The van der Waals surface area contributed by atoms with Crippen LogP contribution in [-0.4, -0.2) is 6.21 Å². The SMILES string of the molecule is CC(C)c1cccc(C(C)C)c1N=Cc1ccc2ccccc2c1F. The molecule has 3 aromatic rings. The monoisotopic (exact) mass is 333 g/mol.